The van der Waals surface area contributed by atoms with Gasteiger partial charge in [0, 0.05) is 23.9 Å². The van der Waals surface area contributed by atoms with E-state index in [4.69, 9.17) is 9.47 Å². The maximum absolute atomic E-state index is 13.0. The van der Waals surface area contributed by atoms with E-state index in [1.807, 2.05) is 26.8 Å². The van der Waals surface area contributed by atoms with E-state index in [-0.39, 0.29) is 36.5 Å². The number of rotatable bonds is 8. The SMILES string of the molecule is Cc1ccc(NC(=O)COc2ccc(F)cc2)cc1OCc1cc(=O)n2c(ncn2C(C)C)n1. The first-order valence-electron chi connectivity index (χ1n) is 10.7. The third-order valence-electron chi connectivity index (χ3n) is 5.01. The second-order valence-electron chi connectivity index (χ2n) is 7.98. The Labute approximate surface area is 194 Å². The third-order valence-corrected chi connectivity index (χ3v) is 5.01. The molecule has 0 bridgehead atoms. The summed E-state index contributed by atoms with van der Waals surface area (Å²) in [6.45, 7) is 5.61. The lowest BCUT2D eigenvalue weighted by atomic mass is 10.2. The Morgan fingerprint density at radius 1 is 1.12 bits per heavy atom. The molecule has 4 aromatic rings. The molecule has 0 spiro atoms. The van der Waals surface area contributed by atoms with Crippen molar-refractivity contribution in [1.82, 2.24) is 19.2 Å². The highest BCUT2D eigenvalue weighted by Crippen LogP contribution is 2.23. The number of aryl methyl sites for hydroxylation is 1. The van der Waals surface area contributed by atoms with Gasteiger partial charge >= 0.3 is 0 Å². The number of ether oxygens (including phenoxy) is 2. The van der Waals surface area contributed by atoms with Crippen LogP contribution in [0.2, 0.25) is 0 Å². The normalized spacial score (nSPS) is 11.1. The monoisotopic (exact) mass is 465 g/mol. The van der Waals surface area contributed by atoms with Crippen LogP contribution in [0.5, 0.6) is 11.5 Å². The summed E-state index contributed by atoms with van der Waals surface area (Å²) in [5, 5.41) is 2.74. The number of fused-ring (bicyclic) bond motifs is 1. The van der Waals surface area contributed by atoms with Crippen LogP contribution in [0.25, 0.3) is 5.78 Å². The molecule has 1 N–H and O–H groups in total. The Balaban J connectivity index is 1.40. The molecular weight excluding hydrogens is 441 g/mol. The van der Waals surface area contributed by atoms with Gasteiger partial charge in [0.15, 0.2) is 6.61 Å². The third kappa shape index (κ3) is 5.22. The Bertz CT molecular complexity index is 1380. The zero-order valence-electron chi connectivity index (χ0n) is 19.0. The molecule has 0 fully saturated rings. The molecule has 9 nitrogen and oxygen atoms in total. The fourth-order valence-electron chi connectivity index (χ4n) is 3.27. The smallest absolute Gasteiger partial charge is 0.274 e. The summed E-state index contributed by atoms with van der Waals surface area (Å²) in [6.07, 6.45) is 1.58. The van der Waals surface area contributed by atoms with Crippen LogP contribution in [-0.2, 0) is 11.4 Å². The van der Waals surface area contributed by atoms with Crippen molar-refractivity contribution in [3.63, 3.8) is 0 Å². The fraction of sp³-hybridized carbons (Fsp3) is 0.250. The van der Waals surface area contributed by atoms with Gasteiger partial charge in [-0.15, -0.1) is 0 Å². The summed E-state index contributed by atoms with van der Waals surface area (Å²) in [7, 11) is 0. The van der Waals surface area contributed by atoms with E-state index in [0.717, 1.165) is 5.56 Å². The van der Waals surface area contributed by atoms with E-state index in [9.17, 15) is 14.0 Å². The van der Waals surface area contributed by atoms with Gasteiger partial charge < -0.3 is 14.8 Å². The molecule has 0 saturated carbocycles. The van der Waals surface area contributed by atoms with Gasteiger partial charge in [-0.2, -0.15) is 9.50 Å². The number of nitrogens with one attached hydrogen (secondary N) is 1. The topological polar surface area (TPSA) is 99.7 Å². The molecule has 0 radical (unpaired) electrons. The number of aromatic nitrogens is 4. The van der Waals surface area contributed by atoms with Gasteiger partial charge in [-0.25, -0.2) is 9.37 Å². The Morgan fingerprint density at radius 2 is 1.88 bits per heavy atom. The van der Waals surface area contributed by atoms with Crippen molar-refractivity contribution < 1.29 is 18.7 Å². The van der Waals surface area contributed by atoms with E-state index >= 15 is 0 Å². The van der Waals surface area contributed by atoms with E-state index in [0.29, 0.717) is 28.7 Å². The number of nitrogens with zero attached hydrogens (tertiary/aromatic N) is 4. The molecule has 0 aliphatic heterocycles. The second kappa shape index (κ2) is 9.74. The minimum atomic E-state index is -0.380. The van der Waals surface area contributed by atoms with Crippen molar-refractivity contribution in [3.8, 4) is 11.5 Å². The molecular formula is C24H24FN5O4. The maximum atomic E-state index is 13.0. The highest BCUT2D eigenvalue weighted by molar-refractivity contribution is 5.92. The molecule has 0 saturated heterocycles. The lowest BCUT2D eigenvalue weighted by Crippen LogP contribution is -2.23. The van der Waals surface area contributed by atoms with Crippen molar-refractivity contribution in [1.29, 1.82) is 0 Å². The van der Waals surface area contributed by atoms with Gasteiger partial charge in [0.1, 0.15) is 30.3 Å². The van der Waals surface area contributed by atoms with Crippen LogP contribution in [0.15, 0.2) is 59.7 Å². The van der Waals surface area contributed by atoms with E-state index in [1.165, 1.54) is 34.8 Å². The summed E-state index contributed by atoms with van der Waals surface area (Å²) in [6, 6.07) is 12.1. The number of halogens is 1. The van der Waals surface area contributed by atoms with Crippen molar-refractivity contribution in [2.45, 2.75) is 33.4 Å². The molecule has 2 aromatic heterocycles. The minimum Gasteiger partial charge on any atom is -0.487 e. The van der Waals surface area contributed by atoms with E-state index in [1.54, 1.807) is 23.1 Å². The molecule has 0 aliphatic rings. The lowest BCUT2D eigenvalue weighted by molar-refractivity contribution is -0.118. The largest absolute Gasteiger partial charge is 0.487 e. The van der Waals surface area contributed by atoms with Crippen LogP contribution in [0.3, 0.4) is 0 Å². The molecule has 0 aliphatic carbocycles. The van der Waals surface area contributed by atoms with Gasteiger partial charge in [-0.1, -0.05) is 6.07 Å². The molecule has 10 heteroatoms. The quantitative estimate of drug-likeness (QED) is 0.428. The summed E-state index contributed by atoms with van der Waals surface area (Å²) in [5.74, 6) is 0.475. The maximum Gasteiger partial charge on any atom is 0.274 e. The Kier molecular flexibility index (Phi) is 6.58. The lowest BCUT2D eigenvalue weighted by Gasteiger charge is -2.12. The molecule has 0 atom stereocenters. The molecule has 0 unspecified atom stereocenters. The number of carbonyl (C=O) groups excluding carboxylic acids is 1. The van der Waals surface area contributed by atoms with Gasteiger partial charge in [-0.05, 0) is 56.7 Å². The summed E-state index contributed by atoms with van der Waals surface area (Å²) >= 11 is 0. The average molecular weight is 465 g/mol. The van der Waals surface area contributed by atoms with E-state index < -0.39 is 0 Å². The number of benzene rings is 2. The molecule has 2 heterocycles. The minimum absolute atomic E-state index is 0.0617. The number of hydrogen-bond donors (Lipinski definition) is 1. The standard InChI is InChI=1S/C24H24FN5O4/c1-15(2)29-14-26-24-28-19(11-23(32)30(24)29)12-34-21-10-18(7-4-16(21)3)27-22(31)13-33-20-8-5-17(25)6-9-20/h4-11,14-15H,12-13H2,1-3H3,(H,27,31). The van der Waals surface area contributed by atoms with Crippen LogP contribution < -0.4 is 20.3 Å². The van der Waals surface area contributed by atoms with Crippen LogP contribution in [-0.4, -0.2) is 31.7 Å². The number of anilines is 1. The first-order chi connectivity index (χ1) is 16.3. The molecule has 176 valence electrons. The zero-order chi connectivity index (χ0) is 24.2. The molecule has 2 aromatic carbocycles. The first kappa shape index (κ1) is 23.0. The van der Waals surface area contributed by atoms with Crippen molar-refractivity contribution in [2.24, 2.45) is 0 Å². The van der Waals surface area contributed by atoms with Crippen LogP contribution in [0.4, 0.5) is 10.1 Å². The van der Waals surface area contributed by atoms with Crippen LogP contribution in [0.1, 0.15) is 31.1 Å². The Hall–Kier alpha value is -4.21. The first-order valence-corrected chi connectivity index (χ1v) is 10.7. The zero-order valence-corrected chi connectivity index (χ0v) is 19.0. The molecule has 1 amide bonds. The summed E-state index contributed by atoms with van der Waals surface area (Å²) in [5.41, 5.74) is 1.57. The summed E-state index contributed by atoms with van der Waals surface area (Å²) < 4.78 is 27.3. The van der Waals surface area contributed by atoms with E-state index in [2.05, 4.69) is 15.3 Å². The van der Waals surface area contributed by atoms with Crippen LogP contribution in [0, 0.1) is 12.7 Å². The highest BCUT2D eigenvalue weighted by atomic mass is 19.1. The fourth-order valence-corrected chi connectivity index (χ4v) is 3.27. The van der Waals surface area contributed by atoms with Gasteiger partial charge in [0.05, 0.1) is 5.69 Å². The van der Waals surface area contributed by atoms with Gasteiger partial charge in [0.25, 0.3) is 17.2 Å². The Morgan fingerprint density at radius 3 is 2.62 bits per heavy atom. The van der Waals surface area contributed by atoms with Crippen molar-refractivity contribution >= 4 is 17.4 Å². The second-order valence-corrected chi connectivity index (χ2v) is 7.98. The predicted molar refractivity (Wildman–Crippen MR) is 124 cm³/mol. The molecule has 4 rings (SSSR count). The summed E-state index contributed by atoms with van der Waals surface area (Å²) in [4.78, 5) is 33.4. The highest BCUT2D eigenvalue weighted by Gasteiger charge is 2.12. The van der Waals surface area contributed by atoms with Crippen molar-refractivity contribution in [3.05, 3.63) is 82.3 Å². The van der Waals surface area contributed by atoms with Crippen LogP contribution >= 0.6 is 0 Å². The molecule has 34 heavy (non-hydrogen) atoms. The average Bonchev–Trinajstić information content (AvgIpc) is 3.24. The number of amides is 1. The number of hydrogen-bond acceptors (Lipinski definition) is 6. The number of carbonyl (C=O) groups is 1. The van der Waals surface area contributed by atoms with Crippen molar-refractivity contribution in [2.75, 3.05) is 11.9 Å². The predicted octanol–water partition coefficient (Wildman–Crippen LogP) is 3.52. The van der Waals surface area contributed by atoms with Gasteiger partial charge in [0.2, 0.25) is 0 Å². The van der Waals surface area contributed by atoms with Gasteiger partial charge in [-0.3, -0.25) is 14.3 Å².